The molecule has 0 aliphatic carbocycles. The second-order valence-electron chi connectivity index (χ2n) is 6.47. The van der Waals surface area contributed by atoms with E-state index in [0.717, 1.165) is 4.57 Å². The molecule has 0 amide bonds. The molecule has 8 nitrogen and oxygen atoms in total. The smallest absolute Gasteiger partial charge is 0.332 e. The van der Waals surface area contributed by atoms with E-state index in [1.165, 1.54) is 9.13 Å². The predicted molar refractivity (Wildman–Crippen MR) is 109 cm³/mol. The number of fused-ring (bicyclic) bond motifs is 1. The van der Waals surface area contributed by atoms with Crippen molar-refractivity contribution in [3.8, 4) is 6.01 Å². The average Bonchev–Trinajstić information content (AvgIpc) is 3.32. The second-order valence-corrected chi connectivity index (χ2v) is 7.29. The van der Waals surface area contributed by atoms with Crippen LogP contribution in [0, 0.1) is 0 Å². The summed E-state index contributed by atoms with van der Waals surface area (Å²) < 4.78 is 14.9. The molecule has 0 spiro atoms. The van der Waals surface area contributed by atoms with Crippen molar-refractivity contribution in [2.45, 2.75) is 13.2 Å². The van der Waals surface area contributed by atoms with Gasteiger partial charge in [0, 0.05) is 14.1 Å². The van der Waals surface area contributed by atoms with Gasteiger partial charge in [-0.2, -0.15) is 4.98 Å². The van der Waals surface area contributed by atoms with Gasteiger partial charge < -0.3 is 9.15 Å². The van der Waals surface area contributed by atoms with E-state index in [2.05, 4.69) is 4.98 Å². The lowest BCUT2D eigenvalue weighted by molar-refractivity contribution is 0.244. The third-order valence-corrected chi connectivity index (χ3v) is 5.31. The maximum atomic E-state index is 13.1. The standard InChI is InChI=1S/C19H16Cl2N4O4/c1-23-15-16(22-18(23)29-10-12-4-3-7-28-12)24(2)19(27)25(17(15)26)9-11-5-6-13(20)14(21)8-11/h3-8H,9-10H2,1-2H3. The van der Waals surface area contributed by atoms with Gasteiger partial charge in [0.25, 0.3) is 11.6 Å². The van der Waals surface area contributed by atoms with Crippen LogP contribution in [-0.4, -0.2) is 18.7 Å². The maximum Gasteiger partial charge on any atom is 0.332 e. The number of hydrogen-bond acceptors (Lipinski definition) is 5. The quantitative estimate of drug-likeness (QED) is 0.481. The van der Waals surface area contributed by atoms with Gasteiger partial charge >= 0.3 is 5.69 Å². The minimum Gasteiger partial charge on any atom is -0.466 e. The van der Waals surface area contributed by atoms with E-state index in [0.29, 0.717) is 21.4 Å². The molecule has 1 aromatic carbocycles. The SMILES string of the molecule is Cn1c(OCc2ccco2)nc2c1c(=O)n(Cc1ccc(Cl)c(Cl)c1)c(=O)n2C. The van der Waals surface area contributed by atoms with Crippen LogP contribution in [0.15, 0.2) is 50.6 Å². The molecule has 0 unspecified atom stereocenters. The zero-order valence-corrected chi connectivity index (χ0v) is 17.1. The van der Waals surface area contributed by atoms with Crippen molar-refractivity contribution in [3.05, 3.63) is 78.8 Å². The van der Waals surface area contributed by atoms with Crippen molar-refractivity contribution in [3.63, 3.8) is 0 Å². The van der Waals surface area contributed by atoms with E-state index < -0.39 is 11.2 Å². The Morgan fingerprint density at radius 2 is 1.90 bits per heavy atom. The highest BCUT2D eigenvalue weighted by Gasteiger charge is 2.20. The lowest BCUT2D eigenvalue weighted by Crippen LogP contribution is -2.39. The molecule has 0 N–H and O–H groups in total. The summed E-state index contributed by atoms with van der Waals surface area (Å²) in [6, 6.07) is 8.68. The average molecular weight is 435 g/mol. The summed E-state index contributed by atoms with van der Waals surface area (Å²) in [5.41, 5.74) is 0.194. The van der Waals surface area contributed by atoms with E-state index in [1.54, 1.807) is 50.7 Å². The van der Waals surface area contributed by atoms with Crippen LogP contribution < -0.4 is 16.0 Å². The number of benzene rings is 1. The molecule has 0 radical (unpaired) electrons. The summed E-state index contributed by atoms with van der Waals surface area (Å²) in [5.74, 6) is 0.614. The van der Waals surface area contributed by atoms with E-state index >= 15 is 0 Å². The zero-order chi connectivity index (χ0) is 20.7. The van der Waals surface area contributed by atoms with Gasteiger partial charge in [-0.25, -0.2) is 4.79 Å². The summed E-state index contributed by atoms with van der Waals surface area (Å²) in [7, 11) is 3.21. The molecule has 29 heavy (non-hydrogen) atoms. The van der Waals surface area contributed by atoms with Crippen LogP contribution in [0.4, 0.5) is 0 Å². The number of hydrogen-bond donors (Lipinski definition) is 0. The lowest BCUT2D eigenvalue weighted by atomic mass is 10.2. The fourth-order valence-corrected chi connectivity index (χ4v) is 3.36. The lowest BCUT2D eigenvalue weighted by Gasteiger charge is -2.09. The van der Waals surface area contributed by atoms with E-state index in [-0.39, 0.29) is 30.3 Å². The Morgan fingerprint density at radius 3 is 2.59 bits per heavy atom. The molecule has 4 aromatic rings. The summed E-state index contributed by atoms with van der Waals surface area (Å²) in [5, 5.41) is 0.750. The Morgan fingerprint density at radius 1 is 1.10 bits per heavy atom. The number of nitrogens with zero attached hydrogens (tertiary/aromatic N) is 4. The second kappa shape index (κ2) is 7.46. The highest BCUT2D eigenvalue weighted by molar-refractivity contribution is 6.42. The molecule has 0 saturated heterocycles. The third-order valence-electron chi connectivity index (χ3n) is 4.57. The molecular formula is C19H16Cl2N4O4. The molecule has 0 aliphatic rings. The van der Waals surface area contributed by atoms with Crippen molar-refractivity contribution in [2.24, 2.45) is 14.1 Å². The Kier molecular flexibility index (Phi) is 4.97. The largest absolute Gasteiger partial charge is 0.466 e. The fraction of sp³-hybridized carbons (Fsp3) is 0.211. The van der Waals surface area contributed by atoms with Crippen LogP contribution in [0.3, 0.4) is 0 Å². The van der Waals surface area contributed by atoms with E-state index in [1.807, 2.05) is 0 Å². The molecule has 0 saturated carbocycles. The molecule has 0 atom stereocenters. The number of aromatic nitrogens is 4. The number of halogens is 2. The van der Waals surface area contributed by atoms with Crippen LogP contribution in [0.2, 0.25) is 10.0 Å². The molecule has 4 rings (SSSR count). The highest BCUT2D eigenvalue weighted by atomic mass is 35.5. The molecule has 0 aliphatic heterocycles. The van der Waals surface area contributed by atoms with Gasteiger partial charge in [-0.15, -0.1) is 0 Å². The van der Waals surface area contributed by atoms with Crippen molar-refractivity contribution >= 4 is 34.4 Å². The van der Waals surface area contributed by atoms with Crippen LogP contribution in [0.1, 0.15) is 11.3 Å². The van der Waals surface area contributed by atoms with E-state index in [4.69, 9.17) is 32.4 Å². The van der Waals surface area contributed by atoms with Crippen LogP contribution >= 0.6 is 23.2 Å². The van der Waals surface area contributed by atoms with Gasteiger partial charge in [-0.05, 0) is 29.8 Å². The minimum atomic E-state index is -0.496. The van der Waals surface area contributed by atoms with Gasteiger partial charge in [0.05, 0.1) is 22.9 Å². The van der Waals surface area contributed by atoms with Crippen LogP contribution in [0.25, 0.3) is 11.2 Å². The first kappa shape index (κ1) is 19.4. The predicted octanol–water partition coefficient (Wildman–Crippen LogP) is 2.96. The van der Waals surface area contributed by atoms with Gasteiger partial charge in [0.2, 0.25) is 0 Å². The first-order chi connectivity index (χ1) is 13.9. The first-order valence-corrected chi connectivity index (χ1v) is 9.37. The molecule has 0 bridgehead atoms. The summed E-state index contributed by atoms with van der Waals surface area (Å²) in [4.78, 5) is 30.2. The fourth-order valence-electron chi connectivity index (χ4n) is 3.04. The van der Waals surface area contributed by atoms with Crippen molar-refractivity contribution in [1.82, 2.24) is 18.7 Å². The monoisotopic (exact) mass is 434 g/mol. The van der Waals surface area contributed by atoms with Gasteiger partial charge in [-0.3, -0.25) is 18.5 Å². The Labute approximate surface area is 174 Å². The van der Waals surface area contributed by atoms with E-state index in [9.17, 15) is 9.59 Å². The summed E-state index contributed by atoms with van der Waals surface area (Å²) in [6.07, 6.45) is 1.54. The molecule has 0 fully saturated rings. The van der Waals surface area contributed by atoms with Gasteiger partial charge in [0.1, 0.15) is 12.4 Å². The summed E-state index contributed by atoms with van der Waals surface area (Å²) in [6.45, 7) is 0.196. The molecule has 150 valence electrons. The highest BCUT2D eigenvalue weighted by Crippen LogP contribution is 2.23. The number of imidazole rings is 1. The Hall–Kier alpha value is -2.97. The van der Waals surface area contributed by atoms with Gasteiger partial charge in [-0.1, -0.05) is 29.3 Å². The third kappa shape index (κ3) is 3.45. The topological polar surface area (TPSA) is 84.2 Å². The molecule has 3 aromatic heterocycles. The number of ether oxygens (including phenoxy) is 1. The Bertz CT molecular complexity index is 1320. The maximum absolute atomic E-state index is 13.1. The molecule has 3 heterocycles. The number of furan rings is 1. The van der Waals surface area contributed by atoms with Crippen molar-refractivity contribution < 1.29 is 9.15 Å². The molecule has 10 heteroatoms. The van der Waals surface area contributed by atoms with Crippen LogP contribution in [0.5, 0.6) is 6.01 Å². The Balaban J connectivity index is 1.78. The van der Waals surface area contributed by atoms with Crippen molar-refractivity contribution in [1.29, 1.82) is 0 Å². The first-order valence-electron chi connectivity index (χ1n) is 8.62. The van der Waals surface area contributed by atoms with Gasteiger partial charge in [0.15, 0.2) is 11.2 Å². The summed E-state index contributed by atoms with van der Waals surface area (Å²) >= 11 is 12.0. The normalized spacial score (nSPS) is 11.3. The zero-order valence-electron chi connectivity index (χ0n) is 15.6. The van der Waals surface area contributed by atoms with Crippen molar-refractivity contribution in [2.75, 3.05) is 0 Å². The number of aryl methyl sites for hydroxylation is 2. The van der Waals surface area contributed by atoms with Crippen LogP contribution in [-0.2, 0) is 27.2 Å². The minimum absolute atomic E-state index is 0.0477. The molecular weight excluding hydrogens is 419 g/mol. The number of rotatable bonds is 5.